The molecule has 64 valence electrons. The lowest BCUT2D eigenvalue weighted by molar-refractivity contribution is 0.237. The molecular weight excluding hydrogens is 134 g/mol. The zero-order valence-corrected chi connectivity index (χ0v) is 7.64. The van der Waals surface area contributed by atoms with Crippen LogP contribution < -0.4 is 5.32 Å². The van der Waals surface area contributed by atoms with Crippen LogP contribution in [0.3, 0.4) is 0 Å². The highest BCUT2D eigenvalue weighted by Crippen LogP contribution is 2.36. The van der Waals surface area contributed by atoms with Crippen molar-refractivity contribution in [3.8, 4) is 0 Å². The summed E-state index contributed by atoms with van der Waals surface area (Å²) < 4.78 is 0. The van der Waals surface area contributed by atoms with Gasteiger partial charge in [0.25, 0.3) is 0 Å². The van der Waals surface area contributed by atoms with E-state index in [1.165, 1.54) is 25.8 Å². The van der Waals surface area contributed by atoms with Gasteiger partial charge in [0.15, 0.2) is 0 Å². The fourth-order valence-corrected chi connectivity index (χ4v) is 2.70. The Bertz CT molecular complexity index is 130. The van der Waals surface area contributed by atoms with Gasteiger partial charge in [0, 0.05) is 6.04 Å². The number of hydrogen-bond donors (Lipinski definition) is 1. The first-order valence-corrected chi connectivity index (χ1v) is 4.99. The van der Waals surface area contributed by atoms with E-state index in [0.29, 0.717) is 0 Å². The van der Waals surface area contributed by atoms with Crippen molar-refractivity contribution in [3.05, 3.63) is 0 Å². The Morgan fingerprint density at radius 3 is 2.64 bits per heavy atom. The van der Waals surface area contributed by atoms with Crippen molar-refractivity contribution >= 4 is 0 Å². The fourth-order valence-electron chi connectivity index (χ4n) is 2.70. The van der Waals surface area contributed by atoms with Gasteiger partial charge in [-0.05, 0) is 43.6 Å². The van der Waals surface area contributed by atoms with Gasteiger partial charge in [0.05, 0.1) is 0 Å². The van der Waals surface area contributed by atoms with E-state index in [1.54, 1.807) is 0 Å². The molecule has 1 heterocycles. The van der Waals surface area contributed by atoms with Gasteiger partial charge in [0.2, 0.25) is 0 Å². The molecule has 2 bridgehead atoms. The van der Waals surface area contributed by atoms with E-state index in [1.807, 2.05) is 0 Å². The van der Waals surface area contributed by atoms with Crippen LogP contribution in [0.5, 0.6) is 0 Å². The maximum Gasteiger partial charge on any atom is 0.00730 e. The van der Waals surface area contributed by atoms with Crippen molar-refractivity contribution in [3.63, 3.8) is 0 Å². The predicted molar refractivity (Wildman–Crippen MR) is 47.5 cm³/mol. The highest BCUT2D eigenvalue weighted by atomic mass is 15.0. The Labute approximate surface area is 69.6 Å². The summed E-state index contributed by atoms with van der Waals surface area (Å²) >= 11 is 0. The zero-order chi connectivity index (χ0) is 7.84. The minimum absolute atomic E-state index is 0.876. The normalized spacial score (nSPS) is 43.4. The Morgan fingerprint density at radius 2 is 2.00 bits per heavy atom. The molecule has 1 aliphatic carbocycles. The molecule has 2 rings (SSSR count). The van der Waals surface area contributed by atoms with E-state index >= 15 is 0 Å². The van der Waals surface area contributed by atoms with Crippen molar-refractivity contribution in [2.75, 3.05) is 6.54 Å². The van der Waals surface area contributed by atoms with Gasteiger partial charge in [-0.1, -0.05) is 13.8 Å². The molecule has 2 fully saturated rings. The topological polar surface area (TPSA) is 12.0 Å². The third-order valence-corrected chi connectivity index (χ3v) is 3.48. The third kappa shape index (κ3) is 1.44. The Kier molecular flexibility index (Phi) is 1.92. The molecule has 1 aliphatic heterocycles. The summed E-state index contributed by atoms with van der Waals surface area (Å²) in [6.07, 6.45) is 4.39. The predicted octanol–water partition coefficient (Wildman–Crippen LogP) is 2.03. The molecule has 1 heteroatoms. The van der Waals surface area contributed by atoms with Crippen LogP contribution in [0.2, 0.25) is 0 Å². The number of nitrogens with one attached hydrogen (secondary N) is 1. The monoisotopic (exact) mass is 153 g/mol. The standard InChI is InChI=1S/C10H19N/c1-7(2)9-3-8-4-10(5-9)11-6-8/h7-11H,3-6H2,1-2H3. The highest BCUT2D eigenvalue weighted by molar-refractivity contribution is 4.90. The molecule has 1 saturated heterocycles. The van der Waals surface area contributed by atoms with Crippen LogP contribution in [-0.4, -0.2) is 12.6 Å². The molecule has 3 atom stereocenters. The molecule has 0 amide bonds. The second-order valence-electron chi connectivity index (χ2n) is 4.68. The summed E-state index contributed by atoms with van der Waals surface area (Å²) in [7, 11) is 0. The first-order valence-electron chi connectivity index (χ1n) is 4.99. The minimum atomic E-state index is 0.876. The third-order valence-electron chi connectivity index (χ3n) is 3.48. The van der Waals surface area contributed by atoms with E-state index < -0.39 is 0 Å². The lowest BCUT2D eigenvalue weighted by Crippen LogP contribution is -2.27. The van der Waals surface area contributed by atoms with Crippen molar-refractivity contribution < 1.29 is 0 Å². The molecule has 1 saturated carbocycles. The molecule has 3 unspecified atom stereocenters. The van der Waals surface area contributed by atoms with Crippen LogP contribution in [0.15, 0.2) is 0 Å². The molecule has 0 spiro atoms. The molecule has 1 N–H and O–H groups in total. The Morgan fingerprint density at radius 1 is 1.18 bits per heavy atom. The van der Waals surface area contributed by atoms with Gasteiger partial charge in [-0.15, -0.1) is 0 Å². The molecular formula is C10H19N. The van der Waals surface area contributed by atoms with Crippen molar-refractivity contribution in [2.45, 2.75) is 39.2 Å². The summed E-state index contributed by atoms with van der Waals surface area (Å²) in [5, 5.41) is 3.60. The lowest BCUT2D eigenvalue weighted by Gasteiger charge is -2.29. The van der Waals surface area contributed by atoms with Crippen molar-refractivity contribution in [1.29, 1.82) is 0 Å². The maximum absolute atomic E-state index is 3.60. The van der Waals surface area contributed by atoms with Crippen LogP contribution in [0.1, 0.15) is 33.1 Å². The molecule has 0 aromatic rings. The van der Waals surface area contributed by atoms with Crippen LogP contribution in [-0.2, 0) is 0 Å². The second kappa shape index (κ2) is 2.78. The Balaban J connectivity index is 1.97. The van der Waals surface area contributed by atoms with Gasteiger partial charge < -0.3 is 5.32 Å². The van der Waals surface area contributed by atoms with Gasteiger partial charge in [-0.2, -0.15) is 0 Å². The largest absolute Gasteiger partial charge is 0.314 e. The minimum Gasteiger partial charge on any atom is -0.314 e. The SMILES string of the molecule is CC(C)C1CC2CNC(C2)C1. The van der Waals surface area contributed by atoms with E-state index in [0.717, 1.165) is 23.8 Å². The first kappa shape index (κ1) is 7.60. The fraction of sp³-hybridized carbons (Fsp3) is 1.00. The quantitative estimate of drug-likeness (QED) is 0.608. The van der Waals surface area contributed by atoms with E-state index in [-0.39, 0.29) is 0 Å². The maximum atomic E-state index is 3.60. The molecule has 0 aromatic heterocycles. The van der Waals surface area contributed by atoms with Gasteiger partial charge in [0.1, 0.15) is 0 Å². The van der Waals surface area contributed by atoms with Crippen LogP contribution in [0.4, 0.5) is 0 Å². The number of rotatable bonds is 1. The van der Waals surface area contributed by atoms with Gasteiger partial charge in [-0.3, -0.25) is 0 Å². The van der Waals surface area contributed by atoms with Crippen LogP contribution >= 0.6 is 0 Å². The molecule has 2 aliphatic rings. The highest BCUT2D eigenvalue weighted by Gasteiger charge is 2.34. The zero-order valence-electron chi connectivity index (χ0n) is 7.64. The molecule has 0 radical (unpaired) electrons. The average Bonchev–Trinajstić information content (AvgIpc) is 2.30. The Hall–Kier alpha value is -0.0400. The summed E-state index contributed by atoms with van der Waals surface area (Å²) in [6, 6.07) is 0.876. The molecule has 0 aromatic carbocycles. The van der Waals surface area contributed by atoms with Gasteiger partial charge in [-0.25, -0.2) is 0 Å². The smallest absolute Gasteiger partial charge is 0.00730 e. The average molecular weight is 153 g/mol. The molecule has 1 nitrogen and oxygen atoms in total. The number of fused-ring (bicyclic) bond motifs is 2. The van der Waals surface area contributed by atoms with E-state index in [9.17, 15) is 0 Å². The lowest BCUT2D eigenvalue weighted by atomic mass is 9.77. The first-order chi connectivity index (χ1) is 5.25. The number of hydrogen-bond acceptors (Lipinski definition) is 1. The second-order valence-corrected chi connectivity index (χ2v) is 4.68. The summed E-state index contributed by atoms with van der Waals surface area (Å²) in [5.74, 6) is 2.93. The summed E-state index contributed by atoms with van der Waals surface area (Å²) in [4.78, 5) is 0. The van der Waals surface area contributed by atoms with Crippen LogP contribution in [0.25, 0.3) is 0 Å². The molecule has 11 heavy (non-hydrogen) atoms. The summed E-state index contributed by atoms with van der Waals surface area (Å²) in [6.45, 7) is 6.04. The van der Waals surface area contributed by atoms with Crippen molar-refractivity contribution in [2.24, 2.45) is 17.8 Å². The van der Waals surface area contributed by atoms with E-state index in [2.05, 4.69) is 19.2 Å². The van der Waals surface area contributed by atoms with E-state index in [4.69, 9.17) is 0 Å². The van der Waals surface area contributed by atoms with Crippen LogP contribution in [0, 0.1) is 17.8 Å². The van der Waals surface area contributed by atoms with Gasteiger partial charge >= 0.3 is 0 Å². The van der Waals surface area contributed by atoms with Crippen molar-refractivity contribution in [1.82, 2.24) is 5.32 Å². The summed E-state index contributed by atoms with van der Waals surface area (Å²) in [5.41, 5.74) is 0.